The van der Waals surface area contributed by atoms with Gasteiger partial charge in [0, 0.05) is 30.2 Å². The van der Waals surface area contributed by atoms with Crippen LogP contribution in [0.4, 0.5) is 0 Å². The molecule has 0 amide bonds. The van der Waals surface area contributed by atoms with E-state index in [0.717, 1.165) is 66.4 Å². The normalized spacial score (nSPS) is 21.6. The van der Waals surface area contributed by atoms with Gasteiger partial charge in [-0.25, -0.2) is 0 Å². The number of nitriles is 1. The van der Waals surface area contributed by atoms with E-state index in [1.807, 2.05) is 6.92 Å². The molecule has 2 aliphatic rings. The molecule has 1 aliphatic heterocycles. The van der Waals surface area contributed by atoms with E-state index in [0.29, 0.717) is 18.1 Å². The quantitative estimate of drug-likeness (QED) is 0.109. The molecule has 1 heterocycles. The van der Waals surface area contributed by atoms with Gasteiger partial charge in [0.1, 0.15) is 17.1 Å². The maximum absolute atomic E-state index is 13.4. The zero-order chi connectivity index (χ0) is 27.6. The fourth-order valence-electron chi connectivity index (χ4n) is 5.84. The van der Waals surface area contributed by atoms with E-state index >= 15 is 0 Å². The zero-order valence-corrected chi connectivity index (χ0v) is 24.7. The number of nitrogens with zero attached hydrogens (tertiary/aromatic N) is 2. The Morgan fingerprint density at radius 1 is 1.27 bits per heavy atom. The monoisotopic (exact) mass is 509 g/mol. The molecule has 1 unspecified atom stereocenters. The predicted molar refractivity (Wildman–Crippen MR) is 150 cm³/mol. The molecule has 3 rings (SSSR count). The molecule has 1 aliphatic carbocycles. The first kappa shape index (κ1) is 29.2. The number of hydrogen-bond donors (Lipinski definition) is 0. The second-order valence-electron chi connectivity index (χ2n) is 13.7. The highest BCUT2D eigenvalue weighted by atomic mass is 16.5. The smallest absolute Gasteiger partial charge is 0.314 e. The van der Waals surface area contributed by atoms with Crippen molar-refractivity contribution in [2.45, 2.75) is 103 Å². The first-order valence-corrected chi connectivity index (χ1v) is 14.1. The molecule has 0 bridgehead atoms. The summed E-state index contributed by atoms with van der Waals surface area (Å²) < 4.78 is 13.8. The second-order valence-corrected chi connectivity index (χ2v) is 13.7. The summed E-state index contributed by atoms with van der Waals surface area (Å²) >= 11 is 0. The second kappa shape index (κ2) is 11.2. The fourth-order valence-corrected chi connectivity index (χ4v) is 5.84. The van der Waals surface area contributed by atoms with Crippen LogP contribution in [0.15, 0.2) is 23.8 Å². The van der Waals surface area contributed by atoms with Gasteiger partial charge in [-0.1, -0.05) is 38.8 Å². The van der Waals surface area contributed by atoms with Crippen molar-refractivity contribution in [3.05, 3.63) is 34.9 Å². The molecule has 3 atom stereocenters. The Morgan fingerprint density at radius 2 is 1.97 bits per heavy atom. The van der Waals surface area contributed by atoms with Crippen molar-refractivity contribution in [2.24, 2.45) is 11.8 Å². The molecule has 0 saturated heterocycles. The van der Waals surface area contributed by atoms with E-state index in [1.165, 1.54) is 5.57 Å². The van der Waals surface area contributed by atoms with Gasteiger partial charge in [0.15, 0.2) is 0 Å². The number of esters is 1. The molecular weight excluding hydrogens is 460 g/mol. The summed E-state index contributed by atoms with van der Waals surface area (Å²) in [4.78, 5) is 13.4. The summed E-state index contributed by atoms with van der Waals surface area (Å²) in [7, 11) is 6.44. The van der Waals surface area contributed by atoms with Crippen LogP contribution in [0.2, 0.25) is 0 Å². The molecule has 5 nitrogen and oxygen atoms in total. The summed E-state index contributed by atoms with van der Waals surface area (Å²) in [6, 6.07) is 6.56. The number of hydrogen-bond acceptors (Lipinski definition) is 4. The van der Waals surface area contributed by atoms with Crippen LogP contribution in [0.1, 0.15) is 104 Å². The summed E-state index contributed by atoms with van der Waals surface area (Å²) in [6.45, 7) is 14.0. The summed E-state index contributed by atoms with van der Waals surface area (Å²) in [5.41, 5.74) is 3.15. The van der Waals surface area contributed by atoms with Crippen LogP contribution < -0.4 is 9.47 Å². The lowest BCUT2D eigenvalue weighted by molar-refractivity contribution is -0.870. The first-order chi connectivity index (χ1) is 17.1. The Hall–Kier alpha value is -2.32. The predicted octanol–water partition coefficient (Wildman–Crippen LogP) is 7.30. The SMILES string of the molecule is CC1=CC[C@@H]2[C@@H](C1)c1c(OC(=O)C(C)CC[N+](C)(C)C)cc(C(C)(C)CCCCC#N)cc1OC2(C)C. The van der Waals surface area contributed by atoms with E-state index in [4.69, 9.17) is 14.7 Å². The molecule has 204 valence electrons. The molecule has 0 N–H and O–H groups in total. The van der Waals surface area contributed by atoms with Crippen molar-refractivity contribution in [3.8, 4) is 17.6 Å². The molecule has 5 heteroatoms. The lowest BCUT2D eigenvalue weighted by atomic mass is 9.66. The molecule has 0 saturated carbocycles. The molecule has 0 spiro atoms. The lowest BCUT2D eigenvalue weighted by Gasteiger charge is -2.47. The molecule has 1 aromatic carbocycles. The number of benzene rings is 1. The van der Waals surface area contributed by atoms with Gasteiger partial charge in [0.25, 0.3) is 0 Å². The lowest BCUT2D eigenvalue weighted by Crippen LogP contribution is -2.45. The van der Waals surface area contributed by atoms with E-state index in [-0.39, 0.29) is 28.8 Å². The minimum absolute atomic E-state index is 0.131. The van der Waals surface area contributed by atoms with Gasteiger partial charge in [-0.05, 0) is 69.6 Å². The minimum atomic E-state index is -0.302. The molecule has 1 aromatic rings. The Bertz CT molecular complexity index is 1060. The van der Waals surface area contributed by atoms with Crippen LogP contribution in [0.5, 0.6) is 11.5 Å². The topological polar surface area (TPSA) is 59.3 Å². The number of carbonyl (C=O) groups is 1. The van der Waals surface area contributed by atoms with Crippen molar-refractivity contribution in [2.75, 3.05) is 27.7 Å². The molecule has 0 aromatic heterocycles. The van der Waals surface area contributed by atoms with Crippen LogP contribution in [0.25, 0.3) is 0 Å². The van der Waals surface area contributed by atoms with Gasteiger partial charge in [-0.15, -0.1) is 0 Å². The third-order valence-electron chi connectivity index (χ3n) is 8.46. The van der Waals surface area contributed by atoms with Crippen molar-refractivity contribution in [1.82, 2.24) is 0 Å². The largest absolute Gasteiger partial charge is 0.487 e. The van der Waals surface area contributed by atoms with E-state index in [1.54, 1.807) is 0 Å². The summed E-state index contributed by atoms with van der Waals surface area (Å²) in [5.74, 6) is 1.80. The number of rotatable bonds is 10. The molecular formula is C32H49N2O3+. The average Bonchev–Trinajstić information content (AvgIpc) is 2.78. The van der Waals surface area contributed by atoms with Crippen LogP contribution in [0.3, 0.4) is 0 Å². The Morgan fingerprint density at radius 3 is 2.62 bits per heavy atom. The van der Waals surface area contributed by atoms with Crippen molar-refractivity contribution in [1.29, 1.82) is 5.26 Å². The Labute approximate surface area is 225 Å². The van der Waals surface area contributed by atoms with Crippen LogP contribution in [0, 0.1) is 23.2 Å². The average molecular weight is 510 g/mol. The summed E-state index contributed by atoms with van der Waals surface area (Å²) in [5, 5.41) is 8.94. The maximum atomic E-state index is 13.4. The first-order valence-electron chi connectivity index (χ1n) is 14.1. The van der Waals surface area contributed by atoms with Crippen LogP contribution in [-0.4, -0.2) is 43.7 Å². The highest BCUT2D eigenvalue weighted by Gasteiger charge is 2.46. The Kier molecular flexibility index (Phi) is 8.85. The van der Waals surface area contributed by atoms with Crippen molar-refractivity contribution >= 4 is 5.97 Å². The standard InChI is InChI=1S/C32H49N2O3/c1-22-13-14-26-25(19-22)29-27(36-30(35)23(2)15-18-34(7,8)9)20-24(21-28(29)37-32(26,5)6)31(3,4)16-11-10-12-17-33/h13,20-21,23,25-26H,10-12,14-16,18-19H2,1-9H3/q+1/t23?,25-,26-/m1/s1. The van der Waals surface area contributed by atoms with Gasteiger partial charge in [0.05, 0.1) is 39.7 Å². The van der Waals surface area contributed by atoms with Gasteiger partial charge in [0.2, 0.25) is 0 Å². The van der Waals surface area contributed by atoms with Gasteiger partial charge in [-0.2, -0.15) is 5.26 Å². The molecule has 0 radical (unpaired) electrons. The zero-order valence-electron chi connectivity index (χ0n) is 24.7. The molecule has 0 fully saturated rings. The number of ether oxygens (including phenoxy) is 2. The highest BCUT2D eigenvalue weighted by Crippen LogP contribution is 2.55. The van der Waals surface area contributed by atoms with E-state index in [9.17, 15) is 4.79 Å². The fraction of sp³-hybridized carbons (Fsp3) is 0.688. The highest BCUT2D eigenvalue weighted by molar-refractivity contribution is 5.76. The number of allylic oxidation sites excluding steroid dienone is 2. The Balaban J connectivity index is 2.01. The number of unbranched alkanes of at least 4 members (excludes halogenated alkanes) is 2. The van der Waals surface area contributed by atoms with E-state index < -0.39 is 0 Å². The number of carbonyl (C=O) groups excluding carboxylic acids is 1. The van der Waals surface area contributed by atoms with Gasteiger partial charge >= 0.3 is 5.97 Å². The van der Waals surface area contributed by atoms with Gasteiger partial charge in [-0.3, -0.25) is 4.79 Å². The third kappa shape index (κ3) is 7.17. The van der Waals surface area contributed by atoms with Crippen molar-refractivity contribution in [3.63, 3.8) is 0 Å². The minimum Gasteiger partial charge on any atom is -0.487 e. The van der Waals surface area contributed by atoms with Gasteiger partial charge < -0.3 is 14.0 Å². The number of fused-ring (bicyclic) bond motifs is 3. The van der Waals surface area contributed by atoms with Crippen molar-refractivity contribution < 1.29 is 18.8 Å². The van der Waals surface area contributed by atoms with E-state index in [2.05, 4.69) is 80.0 Å². The maximum Gasteiger partial charge on any atom is 0.314 e. The van der Waals surface area contributed by atoms with Crippen LogP contribution in [-0.2, 0) is 10.2 Å². The molecule has 37 heavy (non-hydrogen) atoms. The summed E-state index contributed by atoms with van der Waals surface area (Å²) in [6.07, 6.45) is 8.48. The van der Waals surface area contributed by atoms with Crippen LogP contribution >= 0.6 is 0 Å². The third-order valence-corrected chi connectivity index (χ3v) is 8.46. The number of quaternary nitrogens is 1.